The molecule has 0 saturated carbocycles. The third-order valence-corrected chi connectivity index (χ3v) is 3.91. The molecule has 138 valence electrons. The highest BCUT2D eigenvalue weighted by molar-refractivity contribution is 6.39. The molecule has 0 aliphatic carbocycles. The molecule has 0 aliphatic heterocycles. The zero-order valence-electron chi connectivity index (χ0n) is 14.1. The number of hydrogen-bond donors (Lipinski definition) is 1. The van der Waals surface area contributed by atoms with Gasteiger partial charge in [0.25, 0.3) is 5.91 Å². The Morgan fingerprint density at radius 1 is 1.04 bits per heavy atom. The van der Waals surface area contributed by atoms with Crippen molar-refractivity contribution in [1.29, 1.82) is 0 Å². The molecule has 1 N–H and O–H groups in total. The summed E-state index contributed by atoms with van der Waals surface area (Å²) in [5.41, 5.74) is 0.263. The minimum Gasteiger partial charge on any atom is -0.497 e. The zero-order valence-corrected chi connectivity index (χ0v) is 15.6. The lowest BCUT2D eigenvalue weighted by Crippen LogP contribution is -2.29. The number of carbonyl (C=O) groups is 2. The van der Waals surface area contributed by atoms with Gasteiger partial charge in [-0.15, -0.1) is 0 Å². The van der Waals surface area contributed by atoms with E-state index in [9.17, 15) is 9.59 Å². The summed E-state index contributed by atoms with van der Waals surface area (Å²) in [6.07, 6.45) is -0.889. The average Bonchev–Trinajstić information content (AvgIpc) is 2.63. The number of benzene rings is 2. The Morgan fingerprint density at radius 2 is 1.62 bits per heavy atom. The van der Waals surface area contributed by atoms with Crippen molar-refractivity contribution in [3.63, 3.8) is 0 Å². The van der Waals surface area contributed by atoms with Crippen LogP contribution < -0.4 is 14.8 Å². The Hall–Kier alpha value is -2.44. The summed E-state index contributed by atoms with van der Waals surface area (Å²) in [6.45, 7) is 1.03. The predicted molar refractivity (Wildman–Crippen MR) is 99.1 cm³/mol. The van der Waals surface area contributed by atoms with E-state index in [1.165, 1.54) is 6.92 Å². The number of rotatable bonds is 7. The van der Waals surface area contributed by atoms with Crippen molar-refractivity contribution in [1.82, 2.24) is 0 Å². The molecular weight excluding hydrogens is 381 g/mol. The number of esters is 1. The summed E-state index contributed by atoms with van der Waals surface area (Å²) in [6, 6.07) is 11.5. The van der Waals surface area contributed by atoms with Gasteiger partial charge in [-0.05, 0) is 43.3 Å². The van der Waals surface area contributed by atoms with Crippen molar-refractivity contribution >= 4 is 40.8 Å². The van der Waals surface area contributed by atoms with Gasteiger partial charge in [0.15, 0.2) is 12.7 Å². The molecule has 0 saturated heterocycles. The molecule has 8 heteroatoms. The minimum absolute atomic E-state index is 0.263. The molecule has 2 aromatic carbocycles. The number of methoxy groups -OCH3 is 1. The van der Waals surface area contributed by atoms with Gasteiger partial charge in [-0.25, -0.2) is 4.79 Å². The first-order chi connectivity index (χ1) is 12.4. The number of anilines is 1. The van der Waals surface area contributed by atoms with Crippen molar-refractivity contribution in [3.8, 4) is 11.5 Å². The van der Waals surface area contributed by atoms with Crippen LogP contribution in [-0.2, 0) is 14.3 Å². The lowest BCUT2D eigenvalue weighted by atomic mass is 10.3. The molecule has 0 fully saturated rings. The number of carbonyl (C=O) groups excluding carboxylic acids is 2. The SMILES string of the molecule is COc1ccc(OC(C)C(=O)OCC(=O)Nc2c(Cl)cccc2Cl)cc1. The van der Waals surface area contributed by atoms with Crippen LogP contribution in [0.5, 0.6) is 11.5 Å². The van der Waals surface area contributed by atoms with E-state index in [1.807, 2.05) is 0 Å². The van der Waals surface area contributed by atoms with Crippen LogP contribution in [0.2, 0.25) is 10.0 Å². The van der Waals surface area contributed by atoms with Crippen LogP contribution >= 0.6 is 23.2 Å². The number of amides is 1. The molecule has 6 nitrogen and oxygen atoms in total. The standard InChI is InChI=1S/C18H17Cl2NO5/c1-11(26-13-8-6-12(24-2)7-9-13)18(23)25-10-16(22)21-17-14(19)4-3-5-15(17)20/h3-9,11H,10H2,1-2H3,(H,21,22). The third-order valence-electron chi connectivity index (χ3n) is 3.28. The molecule has 0 spiro atoms. The highest BCUT2D eigenvalue weighted by atomic mass is 35.5. The van der Waals surface area contributed by atoms with Crippen LogP contribution in [-0.4, -0.2) is 31.7 Å². The Kier molecular flexibility index (Phi) is 7.12. The first kappa shape index (κ1) is 19.9. The van der Waals surface area contributed by atoms with Gasteiger partial charge in [-0.1, -0.05) is 29.3 Å². The van der Waals surface area contributed by atoms with Gasteiger partial charge in [-0.3, -0.25) is 4.79 Å². The van der Waals surface area contributed by atoms with Gasteiger partial charge >= 0.3 is 5.97 Å². The van der Waals surface area contributed by atoms with Gasteiger partial charge in [-0.2, -0.15) is 0 Å². The lowest BCUT2D eigenvalue weighted by Gasteiger charge is -2.14. The highest BCUT2D eigenvalue weighted by Crippen LogP contribution is 2.29. The zero-order chi connectivity index (χ0) is 19.1. The molecule has 1 atom stereocenters. The molecule has 2 rings (SSSR count). The second-order valence-corrected chi connectivity index (χ2v) is 6.00. The van der Waals surface area contributed by atoms with Crippen LogP contribution in [0.4, 0.5) is 5.69 Å². The molecule has 0 bridgehead atoms. The fourth-order valence-corrected chi connectivity index (χ4v) is 2.45. The van der Waals surface area contributed by atoms with Crippen LogP contribution in [0, 0.1) is 0 Å². The van der Waals surface area contributed by atoms with Crippen LogP contribution in [0.15, 0.2) is 42.5 Å². The van der Waals surface area contributed by atoms with Crippen molar-refractivity contribution in [3.05, 3.63) is 52.5 Å². The summed E-state index contributed by atoms with van der Waals surface area (Å²) < 4.78 is 15.4. The van der Waals surface area contributed by atoms with E-state index < -0.39 is 24.6 Å². The van der Waals surface area contributed by atoms with E-state index in [4.69, 9.17) is 37.4 Å². The number of halogens is 2. The number of para-hydroxylation sites is 1. The maximum atomic E-state index is 12.0. The molecule has 1 unspecified atom stereocenters. The lowest BCUT2D eigenvalue weighted by molar-refractivity contribution is -0.153. The summed E-state index contributed by atoms with van der Waals surface area (Å²) in [7, 11) is 1.55. The van der Waals surface area contributed by atoms with Gasteiger partial charge in [0.1, 0.15) is 11.5 Å². The fourth-order valence-electron chi connectivity index (χ4n) is 1.95. The summed E-state index contributed by atoms with van der Waals surface area (Å²) in [5, 5.41) is 3.07. The molecule has 0 radical (unpaired) electrons. The Bertz CT molecular complexity index is 759. The van der Waals surface area contributed by atoms with E-state index in [0.29, 0.717) is 11.5 Å². The van der Waals surface area contributed by atoms with E-state index in [0.717, 1.165) is 0 Å². The molecule has 2 aromatic rings. The summed E-state index contributed by atoms with van der Waals surface area (Å²) in [4.78, 5) is 23.9. The second-order valence-electron chi connectivity index (χ2n) is 5.19. The first-order valence-corrected chi connectivity index (χ1v) is 8.37. The van der Waals surface area contributed by atoms with Gasteiger partial charge in [0.2, 0.25) is 0 Å². The molecule has 0 heterocycles. The quantitative estimate of drug-likeness (QED) is 0.715. The smallest absolute Gasteiger partial charge is 0.347 e. The molecule has 26 heavy (non-hydrogen) atoms. The average molecular weight is 398 g/mol. The molecule has 0 aliphatic rings. The summed E-state index contributed by atoms with van der Waals surface area (Å²) >= 11 is 11.9. The normalized spacial score (nSPS) is 11.4. The summed E-state index contributed by atoms with van der Waals surface area (Å²) in [5.74, 6) is -0.101. The predicted octanol–water partition coefficient (Wildman–Crippen LogP) is 3.95. The Balaban J connectivity index is 1.83. The van der Waals surface area contributed by atoms with Gasteiger partial charge in [0, 0.05) is 0 Å². The third kappa shape index (κ3) is 5.54. The van der Waals surface area contributed by atoms with Gasteiger partial charge < -0.3 is 19.5 Å². The molecule has 1 amide bonds. The minimum atomic E-state index is -0.889. The van der Waals surface area contributed by atoms with Crippen molar-refractivity contribution in [2.24, 2.45) is 0 Å². The largest absolute Gasteiger partial charge is 0.497 e. The fraction of sp³-hybridized carbons (Fsp3) is 0.222. The van der Waals surface area contributed by atoms with Gasteiger partial charge in [0.05, 0.1) is 22.8 Å². The Morgan fingerprint density at radius 3 is 2.19 bits per heavy atom. The van der Waals surface area contributed by atoms with Crippen molar-refractivity contribution in [2.75, 3.05) is 19.0 Å². The van der Waals surface area contributed by atoms with Crippen molar-refractivity contribution < 1.29 is 23.8 Å². The van der Waals surface area contributed by atoms with Crippen LogP contribution in [0.1, 0.15) is 6.92 Å². The number of ether oxygens (including phenoxy) is 3. The number of nitrogens with one attached hydrogen (secondary N) is 1. The van der Waals surface area contributed by atoms with Crippen LogP contribution in [0.25, 0.3) is 0 Å². The topological polar surface area (TPSA) is 73.9 Å². The van der Waals surface area contributed by atoms with Crippen molar-refractivity contribution in [2.45, 2.75) is 13.0 Å². The van der Waals surface area contributed by atoms with E-state index in [-0.39, 0.29) is 15.7 Å². The van der Waals surface area contributed by atoms with E-state index in [2.05, 4.69) is 5.32 Å². The second kappa shape index (κ2) is 9.31. The molecule has 0 aromatic heterocycles. The van der Waals surface area contributed by atoms with Crippen LogP contribution in [0.3, 0.4) is 0 Å². The number of hydrogen-bond acceptors (Lipinski definition) is 5. The van der Waals surface area contributed by atoms with E-state index >= 15 is 0 Å². The van der Waals surface area contributed by atoms with E-state index in [1.54, 1.807) is 49.6 Å². The Labute approximate surface area is 160 Å². The monoisotopic (exact) mass is 397 g/mol. The molecular formula is C18H17Cl2NO5. The maximum absolute atomic E-state index is 12.0. The highest BCUT2D eigenvalue weighted by Gasteiger charge is 2.18. The first-order valence-electron chi connectivity index (χ1n) is 7.62. The maximum Gasteiger partial charge on any atom is 0.347 e.